The van der Waals surface area contributed by atoms with Crippen molar-refractivity contribution in [3.63, 3.8) is 0 Å². The van der Waals surface area contributed by atoms with Crippen molar-refractivity contribution in [2.75, 3.05) is 26.2 Å². The third-order valence-corrected chi connectivity index (χ3v) is 5.62. The van der Waals surface area contributed by atoms with Crippen LogP contribution in [0.1, 0.15) is 50.0 Å². The molecule has 1 aliphatic heterocycles. The SMILES string of the molecule is CC(C)N(CCN1CCCCCC1)C(=O)c1csc(-c2ccoc2)n1. The molecule has 136 valence electrons. The van der Waals surface area contributed by atoms with Crippen LogP contribution in [0.15, 0.2) is 28.4 Å². The quantitative estimate of drug-likeness (QED) is 0.776. The fraction of sp³-hybridized carbons (Fsp3) is 0.579. The minimum Gasteiger partial charge on any atom is -0.472 e. The Morgan fingerprint density at radius 3 is 2.72 bits per heavy atom. The van der Waals surface area contributed by atoms with Gasteiger partial charge in [-0.25, -0.2) is 4.98 Å². The molecule has 25 heavy (non-hydrogen) atoms. The maximum atomic E-state index is 12.9. The van der Waals surface area contributed by atoms with Gasteiger partial charge in [0.25, 0.3) is 5.91 Å². The smallest absolute Gasteiger partial charge is 0.273 e. The number of nitrogens with zero attached hydrogens (tertiary/aromatic N) is 3. The minimum absolute atomic E-state index is 0.0239. The Balaban J connectivity index is 1.64. The largest absolute Gasteiger partial charge is 0.472 e. The normalized spacial score (nSPS) is 16.1. The molecule has 5 nitrogen and oxygen atoms in total. The number of carbonyl (C=O) groups is 1. The summed E-state index contributed by atoms with van der Waals surface area (Å²) in [4.78, 5) is 21.9. The number of hydrogen-bond donors (Lipinski definition) is 0. The molecule has 6 heteroatoms. The summed E-state index contributed by atoms with van der Waals surface area (Å²) in [7, 11) is 0. The first-order chi connectivity index (χ1) is 12.1. The molecule has 2 aromatic rings. The van der Waals surface area contributed by atoms with Gasteiger partial charge in [0, 0.05) is 30.1 Å². The third-order valence-electron chi connectivity index (χ3n) is 4.73. The minimum atomic E-state index is 0.0239. The van der Waals surface area contributed by atoms with E-state index in [1.165, 1.54) is 37.0 Å². The van der Waals surface area contributed by atoms with Gasteiger partial charge in [-0.05, 0) is 45.8 Å². The lowest BCUT2D eigenvalue weighted by Crippen LogP contribution is -2.42. The van der Waals surface area contributed by atoms with Crippen molar-refractivity contribution < 1.29 is 9.21 Å². The Kier molecular flexibility index (Phi) is 6.26. The Labute approximate surface area is 153 Å². The molecule has 0 radical (unpaired) electrons. The third kappa shape index (κ3) is 4.70. The number of carbonyl (C=O) groups excluding carboxylic acids is 1. The number of likely N-dealkylation sites (tertiary alicyclic amines) is 1. The van der Waals surface area contributed by atoms with Crippen molar-refractivity contribution in [2.24, 2.45) is 0 Å². The first-order valence-corrected chi connectivity index (χ1v) is 10.0. The highest BCUT2D eigenvalue weighted by molar-refractivity contribution is 7.13. The van der Waals surface area contributed by atoms with Gasteiger partial charge in [0.2, 0.25) is 0 Å². The Morgan fingerprint density at radius 1 is 1.32 bits per heavy atom. The second-order valence-electron chi connectivity index (χ2n) is 6.90. The Bertz CT molecular complexity index is 658. The molecule has 2 aromatic heterocycles. The first-order valence-electron chi connectivity index (χ1n) is 9.16. The molecule has 1 saturated heterocycles. The zero-order chi connectivity index (χ0) is 17.6. The van der Waals surface area contributed by atoms with Crippen molar-refractivity contribution in [3.8, 4) is 10.6 Å². The van der Waals surface area contributed by atoms with Gasteiger partial charge in [-0.1, -0.05) is 12.8 Å². The van der Waals surface area contributed by atoms with Crippen molar-refractivity contribution >= 4 is 17.2 Å². The summed E-state index contributed by atoms with van der Waals surface area (Å²) in [5.74, 6) is 0.0239. The van der Waals surface area contributed by atoms with Crippen molar-refractivity contribution in [1.29, 1.82) is 0 Å². The first kappa shape index (κ1) is 18.1. The number of hydrogen-bond acceptors (Lipinski definition) is 5. The molecule has 1 amide bonds. The molecule has 1 fully saturated rings. The van der Waals surface area contributed by atoms with Gasteiger partial charge < -0.3 is 14.2 Å². The van der Waals surface area contributed by atoms with Gasteiger partial charge in [0.15, 0.2) is 0 Å². The van der Waals surface area contributed by atoms with E-state index in [9.17, 15) is 4.79 Å². The Hall–Kier alpha value is -1.66. The van der Waals surface area contributed by atoms with Crippen molar-refractivity contribution in [3.05, 3.63) is 29.7 Å². The van der Waals surface area contributed by atoms with Crippen LogP contribution in [-0.2, 0) is 0 Å². The zero-order valence-electron chi connectivity index (χ0n) is 15.1. The predicted molar refractivity (Wildman–Crippen MR) is 101 cm³/mol. The average molecular weight is 362 g/mol. The van der Waals surface area contributed by atoms with E-state index in [0.717, 1.165) is 36.8 Å². The molecule has 0 bridgehead atoms. The van der Waals surface area contributed by atoms with Crippen molar-refractivity contribution in [2.45, 2.75) is 45.6 Å². The van der Waals surface area contributed by atoms with Crippen LogP contribution in [0.2, 0.25) is 0 Å². The molecule has 0 aliphatic carbocycles. The van der Waals surface area contributed by atoms with Crippen LogP contribution in [0.25, 0.3) is 10.6 Å². The summed E-state index contributed by atoms with van der Waals surface area (Å²) in [5.41, 5.74) is 1.45. The molecule has 0 spiro atoms. The summed E-state index contributed by atoms with van der Waals surface area (Å²) in [6, 6.07) is 2.03. The van der Waals surface area contributed by atoms with Crippen LogP contribution in [0.4, 0.5) is 0 Å². The number of thiazole rings is 1. The highest BCUT2D eigenvalue weighted by Gasteiger charge is 2.22. The van der Waals surface area contributed by atoms with Crippen LogP contribution in [-0.4, -0.2) is 52.9 Å². The average Bonchev–Trinajstić information content (AvgIpc) is 3.22. The molecule has 1 aliphatic rings. The summed E-state index contributed by atoms with van der Waals surface area (Å²) >= 11 is 1.48. The van der Waals surface area contributed by atoms with E-state index in [2.05, 4.69) is 23.7 Å². The molecule has 0 saturated carbocycles. The molecule has 0 aromatic carbocycles. The summed E-state index contributed by atoms with van der Waals surface area (Å²) in [6.45, 7) is 8.16. The topological polar surface area (TPSA) is 49.6 Å². The van der Waals surface area contributed by atoms with E-state index in [1.807, 2.05) is 16.3 Å². The van der Waals surface area contributed by atoms with E-state index in [4.69, 9.17) is 4.42 Å². The lowest BCUT2D eigenvalue weighted by molar-refractivity contribution is 0.0677. The van der Waals surface area contributed by atoms with Gasteiger partial charge in [-0.2, -0.15) is 0 Å². The summed E-state index contributed by atoms with van der Waals surface area (Å²) in [5, 5.41) is 2.68. The zero-order valence-corrected chi connectivity index (χ0v) is 15.9. The maximum absolute atomic E-state index is 12.9. The van der Waals surface area contributed by atoms with E-state index in [1.54, 1.807) is 12.5 Å². The highest BCUT2D eigenvalue weighted by Crippen LogP contribution is 2.24. The van der Waals surface area contributed by atoms with Gasteiger partial charge >= 0.3 is 0 Å². The fourth-order valence-corrected chi connectivity index (χ4v) is 4.02. The molecule has 3 rings (SSSR count). The maximum Gasteiger partial charge on any atom is 0.273 e. The standard InChI is InChI=1S/C19H27N3O2S/c1-15(2)22(11-10-21-8-5-3-4-6-9-21)19(23)17-14-25-18(20-17)16-7-12-24-13-16/h7,12-15H,3-6,8-11H2,1-2H3. The van der Waals surface area contributed by atoms with E-state index in [-0.39, 0.29) is 11.9 Å². The Morgan fingerprint density at radius 2 is 2.08 bits per heavy atom. The van der Waals surface area contributed by atoms with E-state index in [0.29, 0.717) is 5.69 Å². The van der Waals surface area contributed by atoms with Crippen LogP contribution in [0.3, 0.4) is 0 Å². The van der Waals surface area contributed by atoms with Crippen LogP contribution < -0.4 is 0 Å². The number of amides is 1. The predicted octanol–water partition coefficient (Wildman–Crippen LogP) is 4.13. The lowest BCUT2D eigenvalue weighted by Gasteiger charge is -2.29. The van der Waals surface area contributed by atoms with E-state index < -0.39 is 0 Å². The monoisotopic (exact) mass is 361 g/mol. The molecule has 0 atom stereocenters. The van der Waals surface area contributed by atoms with Gasteiger partial charge in [0.1, 0.15) is 17.0 Å². The second-order valence-corrected chi connectivity index (χ2v) is 7.76. The summed E-state index contributed by atoms with van der Waals surface area (Å²) < 4.78 is 5.11. The molecular weight excluding hydrogens is 334 g/mol. The fourth-order valence-electron chi connectivity index (χ4n) is 3.24. The molecular formula is C19H27N3O2S. The van der Waals surface area contributed by atoms with E-state index >= 15 is 0 Å². The number of rotatable bonds is 6. The number of furan rings is 1. The second kappa shape index (κ2) is 8.63. The summed E-state index contributed by atoms with van der Waals surface area (Å²) in [6.07, 6.45) is 8.50. The van der Waals surface area contributed by atoms with Crippen LogP contribution in [0, 0.1) is 0 Å². The van der Waals surface area contributed by atoms with Gasteiger partial charge in [0.05, 0.1) is 6.26 Å². The molecule has 0 N–H and O–H groups in total. The molecule has 3 heterocycles. The number of aromatic nitrogens is 1. The van der Waals surface area contributed by atoms with Crippen molar-refractivity contribution in [1.82, 2.24) is 14.8 Å². The lowest BCUT2D eigenvalue weighted by atomic mass is 10.2. The van der Waals surface area contributed by atoms with Gasteiger partial charge in [-0.3, -0.25) is 4.79 Å². The van der Waals surface area contributed by atoms with Crippen LogP contribution >= 0.6 is 11.3 Å². The van der Waals surface area contributed by atoms with Gasteiger partial charge in [-0.15, -0.1) is 11.3 Å². The highest BCUT2D eigenvalue weighted by atomic mass is 32.1. The molecule has 0 unspecified atom stereocenters. The van der Waals surface area contributed by atoms with Crippen LogP contribution in [0.5, 0.6) is 0 Å².